The van der Waals surface area contributed by atoms with Gasteiger partial charge in [0, 0.05) is 28.4 Å². The molecular formula is C21H21BrN2O4. The molecule has 0 saturated heterocycles. The van der Waals surface area contributed by atoms with Gasteiger partial charge in [0.25, 0.3) is 0 Å². The lowest BCUT2D eigenvalue weighted by Crippen LogP contribution is -2.35. The number of esters is 1. The molecule has 0 saturated carbocycles. The molecule has 146 valence electrons. The number of ether oxygens (including phenoxy) is 2. The van der Waals surface area contributed by atoms with Crippen LogP contribution in [-0.2, 0) is 14.3 Å². The second-order valence-corrected chi connectivity index (χ2v) is 7.29. The summed E-state index contributed by atoms with van der Waals surface area (Å²) in [4.78, 5) is 29.6. The summed E-state index contributed by atoms with van der Waals surface area (Å²) < 4.78 is 11.3. The highest BCUT2D eigenvalue weighted by Gasteiger charge is 2.39. The first kappa shape index (κ1) is 20.1. The van der Waals surface area contributed by atoms with Gasteiger partial charge in [-0.05, 0) is 59.1 Å². The molecule has 1 heterocycles. The fourth-order valence-electron chi connectivity index (χ4n) is 3.27. The van der Waals surface area contributed by atoms with Crippen molar-refractivity contribution in [2.45, 2.75) is 19.3 Å². The van der Waals surface area contributed by atoms with Gasteiger partial charge in [0.05, 0.1) is 13.7 Å². The maximum Gasteiger partial charge on any atom is 0.317 e. The molecule has 0 fully saturated rings. The van der Waals surface area contributed by atoms with Crippen molar-refractivity contribution in [3.63, 3.8) is 0 Å². The molecule has 1 aromatic carbocycles. The Bertz CT molecular complexity index is 896. The van der Waals surface area contributed by atoms with Gasteiger partial charge in [-0.15, -0.1) is 0 Å². The molecule has 2 aromatic rings. The molecular weight excluding hydrogens is 424 g/mol. The van der Waals surface area contributed by atoms with Crippen LogP contribution in [0, 0.1) is 5.92 Å². The Morgan fingerprint density at radius 1 is 1.32 bits per heavy atom. The quantitative estimate of drug-likeness (QED) is 0.533. The van der Waals surface area contributed by atoms with E-state index in [4.69, 9.17) is 9.47 Å². The number of ketones is 1. The van der Waals surface area contributed by atoms with Crippen molar-refractivity contribution in [3.05, 3.63) is 64.4 Å². The van der Waals surface area contributed by atoms with Crippen LogP contribution < -0.4 is 10.1 Å². The van der Waals surface area contributed by atoms with Crippen LogP contribution in [0.5, 0.6) is 5.75 Å². The van der Waals surface area contributed by atoms with E-state index in [2.05, 4.69) is 26.2 Å². The minimum Gasteiger partial charge on any atom is -0.497 e. The van der Waals surface area contributed by atoms with Crippen LogP contribution in [0.25, 0.3) is 0 Å². The predicted octanol–water partition coefficient (Wildman–Crippen LogP) is 4.08. The summed E-state index contributed by atoms with van der Waals surface area (Å²) in [5, 5.41) is 3.18. The zero-order valence-corrected chi connectivity index (χ0v) is 17.2. The van der Waals surface area contributed by atoms with Crippen LogP contribution in [0.15, 0.2) is 58.8 Å². The number of hydrogen-bond acceptors (Lipinski definition) is 6. The summed E-state index contributed by atoms with van der Waals surface area (Å²) in [6, 6.07) is 11.1. The second kappa shape index (κ2) is 9.01. The molecule has 0 radical (unpaired) electrons. The third-order valence-corrected chi connectivity index (χ3v) is 5.01. The van der Waals surface area contributed by atoms with Crippen LogP contribution in [0.4, 0.5) is 5.82 Å². The maximum absolute atomic E-state index is 12.8. The predicted molar refractivity (Wildman–Crippen MR) is 109 cm³/mol. The van der Waals surface area contributed by atoms with Gasteiger partial charge in [-0.2, -0.15) is 0 Å². The van der Waals surface area contributed by atoms with Crippen LogP contribution in [0.2, 0.25) is 0 Å². The Balaban J connectivity index is 1.93. The lowest BCUT2D eigenvalue weighted by molar-refractivity contribution is -0.151. The fraction of sp³-hybridized carbons (Fsp3) is 0.286. The normalized spacial score (nSPS) is 19.0. The van der Waals surface area contributed by atoms with Crippen LogP contribution in [-0.4, -0.2) is 30.5 Å². The lowest BCUT2D eigenvalue weighted by atomic mass is 9.76. The first-order valence-electron chi connectivity index (χ1n) is 8.95. The molecule has 0 unspecified atom stereocenters. The van der Waals surface area contributed by atoms with Crippen molar-refractivity contribution in [2.24, 2.45) is 5.92 Å². The van der Waals surface area contributed by atoms with Gasteiger partial charge in [0.1, 0.15) is 17.5 Å². The Labute approximate surface area is 172 Å². The number of rotatable bonds is 6. The Morgan fingerprint density at radius 3 is 2.82 bits per heavy atom. The third kappa shape index (κ3) is 4.59. The summed E-state index contributed by atoms with van der Waals surface area (Å²) >= 11 is 3.35. The molecule has 0 amide bonds. The van der Waals surface area contributed by atoms with E-state index < -0.39 is 11.9 Å². The van der Waals surface area contributed by atoms with E-state index in [1.54, 1.807) is 20.2 Å². The van der Waals surface area contributed by atoms with Crippen molar-refractivity contribution < 1.29 is 19.1 Å². The van der Waals surface area contributed by atoms with Gasteiger partial charge in [-0.1, -0.05) is 12.1 Å². The number of hydrogen-bond donors (Lipinski definition) is 1. The minimum absolute atomic E-state index is 0.227. The molecule has 1 aliphatic carbocycles. The van der Waals surface area contributed by atoms with Crippen molar-refractivity contribution in [1.82, 2.24) is 4.98 Å². The second-order valence-electron chi connectivity index (χ2n) is 6.38. The van der Waals surface area contributed by atoms with Crippen molar-refractivity contribution in [1.29, 1.82) is 0 Å². The van der Waals surface area contributed by atoms with Gasteiger partial charge in [-0.25, -0.2) is 4.98 Å². The Hall–Kier alpha value is -2.67. The fourth-order valence-corrected chi connectivity index (χ4v) is 3.50. The summed E-state index contributed by atoms with van der Waals surface area (Å²) in [7, 11) is 1.58. The monoisotopic (exact) mass is 444 g/mol. The number of nitrogens with zero attached hydrogens (tertiary/aromatic N) is 1. The van der Waals surface area contributed by atoms with Gasteiger partial charge in [-0.3, -0.25) is 9.59 Å². The minimum atomic E-state index is -0.879. The van der Waals surface area contributed by atoms with Gasteiger partial charge >= 0.3 is 5.97 Å². The van der Waals surface area contributed by atoms with Gasteiger partial charge < -0.3 is 14.8 Å². The third-order valence-electron chi connectivity index (χ3n) is 4.54. The summed E-state index contributed by atoms with van der Waals surface area (Å²) in [5.74, 6) is -0.720. The number of methoxy groups -OCH3 is 1. The van der Waals surface area contributed by atoms with E-state index >= 15 is 0 Å². The number of benzene rings is 1. The molecule has 1 N–H and O–H groups in total. The summed E-state index contributed by atoms with van der Waals surface area (Å²) in [6.45, 7) is 1.96. The highest BCUT2D eigenvalue weighted by Crippen LogP contribution is 2.38. The molecule has 0 bridgehead atoms. The molecule has 1 aliphatic rings. The number of anilines is 1. The molecule has 3 rings (SSSR count). The van der Waals surface area contributed by atoms with Crippen molar-refractivity contribution >= 4 is 33.5 Å². The van der Waals surface area contributed by atoms with Crippen LogP contribution in [0.3, 0.4) is 0 Å². The zero-order chi connectivity index (χ0) is 20.1. The van der Waals surface area contributed by atoms with Gasteiger partial charge in [0.15, 0.2) is 5.78 Å². The average molecular weight is 445 g/mol. The number of carbonyl (C=O) groups excluding carboxylic acids is 2. The van der Waals surface area contributed by atoms with E-state index in [9.17, 15) is 9.59 Å². The first-order chi connectivity index (χ1) is 13.5. The molecule has 1 aromatic heterocycles. The average Bonchev–Trinajstić information content (AvgIpc) is 2.69. The molecule has 0 spiro atoms. The topological polar surface area (TPSA) is 77.5 Å². The first-order valence-corrected chi connectivity index (χ1v) is 9.74. The summed E-state index contributed by atoms with van der Waals surface area (Å²) in [5.41, 5.74) is 1.55. The largest absolute Gasteiger partial charge is 0.497 e. The van der Waals surface area contributed by atoms with E-state index in [1.165, 1.54) is 6.08 Å². The highest BCUT2D eigenvalue weighted by molar-refractivity contribution is 9.10. The number of halogens is 1. The molecule has 28 heavy (non-hydrogen) atoms. The number of allylic oxidation sites excluding steroid dienone is 2. The standard InChI is InChI=1S/C21H21BrN2O4/c1-3-28-21(26)20-17(13-5-4-6-16(9-13)27-2)10-15(11-18(20)25)24-19-8-7-14(22)12-23-19/h4-9,11-12,17,20H,3,10H2,1-2H3,(H,23,24)/t17-,20+/m1/s1. The van der Waals surface area contributed by atoms with E-state index in [0.29, 0.717) is 23.7 Å². The Morgan fingerprint density at radius 2 is 2.14 bits per heavy atom. The van der Waals surface area contributed by atoms with Gasteiger partial charge in [0.2, 0.25) is 0 Å². The Kier molecular flexibility index (Phi) is 6.46. The number of pyridine rings is 1. The molecule has 6 nitrogen and oxygen atoms in total. The number of nitrogens with one attached hydrogen (secondary N) is 1. The van der Waals surface area contributed by atoms with Crippen LogP contribution in [0.1, 0.15) is 24.8 Å². The van der Waals surface area contributed by atoms with Crippen molar-refractivity contribution in [3.8, 4) is 5.75 Å². The van der Waals surface area contributed by atoms with Crippen molar-refractivity contribution in [2.75, 3.05) is 19.0 Å². The maximum atomic E-state index is 12.8. The SMILES string of the molecule is CCOC(=O)[C@@H]1C(=O)C=C(Nc2ccc(Br)cn2)C[C@@H]1c1cccc(OC)c1. The van der Waals surface area contributed by atoms with E-state index in [0.717, 1.165) is 10.0 Å². The van der Waals surface area contributed by atoms with Crippen LogP contribution >= 0.6 is 15.9 Å². The van der Waals surface area contributed by atoms with E-state index in [1.807, 2.05) is 36.4 Å². The molecule has 0 aliphatic heterocycles. The molecule has 7 heteroatoms. The molecule has 2 atom stereocenters. The smallest absolute Gasteiger partial charge is 0.317 e. The van der Waals surface area contributed by atoms with E-state index in [-0.39, 0.29) is 18.3 Å². The number of carbonyl (C=O) groups is 2. The zero-order valence-electron chi connectivity index (χ0n) is 15.6. The summed E-state index contributed by atoms with van der Waals surface area (Å²) in [6.07, 6.45) is 3.62. The number of aromatic nitrogens is 1. The highest BCUT2D eigenvalue weighted by atomic mass is 79.9. The lowest BCUT2D eigenvalue weighted by Gasteiger charge is -2.29.